The highest BCUT2D eigenvalue weighted by molar-refractivity contribution is 5.82. The van der Waals surface area contributed by atoms with Gasteiger partial charge < -0.3 is 20.4 Å². The second-order valence-electron chi connectivity index (χ2n) is 6.97. The third kappa shape index (κ3) is 7.68. The van der Waals surface area contributed by atoms with Gasteiger partial charge in [0.1, 0.15) is 6.04 Å². The Hall–Kier alpha value is -1.30. The van der Waals surface area contributed by atoms with Crippen molar-refractivity contribution in [3.63, 3.8) is 0 Å². The van der Waals surface area contributed by atoms with Crippen molar-refractivity contribution >= 4 is 12.0 Å². The first-order valence-electron chi connectivity index (χ1n) is 8.83. The molecule has 2 amide bonds. The fraction of sp³-hybridized carbons (Fsp3) is 0.882. The van der Waals surface area contributed by atoms with E-state index in [1.54, 1.807) is 0 Å². The van der Waals surface area contributed by atoms with Gasteiger partial charge in [0.05, 0.1) is 6.61 Å². The van der Waals surface area contributed by atoms with Gasteiger partial charge in [0.15, 0.2) is 0 Å². The molecule has 6 nitrogen and oxygen atoms in total. The van der Waals surface area contributed by atoms with Crippen LogP contribution in [0.5, 0.6) is 0 Å². The van der Waals surface area contributed by atoms with Crippen LogP contribution in [0.25, 0.3) is 0 Å². The van der Waals surface area contributed by atoms with Crippen LogP contribution in [0.3, 0.4) is 0 Å². The number of amides is 2. The van der Waals surface area contributed by atoms with Crippen molar-refractivity contribution in [3.05, 3.63) is 0 Å². The van der Waals surface area contributed by atoms with Gasteiger partial charge in [-0.2, -0.15) is 0 Å². The lowest BCUT2D eigenvalue weighted by atomic mass is 9.85. The minimum atomic E-state index is -0.975. The number of carbonyl (C=O) groups is 2. The van der Waals surface area contributed by atoms with Crippen molar-refractivity contribution in [3.8, 4) is 0 Å². The Morgan fingerprint density at radius 3 is 2.35 bits per heavy atom. The fourth-order valence-electron chi connectivity index (χ4n) is 3.07. The number of aliphatic carboxylic acids is 1. The van der Waals surface area contributed by atoms with Crippen molar-refractivity contribution in [2.45, 2.75) is 64.8 Å². The molecule has 0 spiro atoms. The molecule has 6 heteroatoms. The highest BCUT2D eigenvalue weighted by Gasteiger charge is 2.27. The van der Waals surface area contributed by atoms with Gasteiger partial charge in [0.2, 0.25) is 0 Å². The van der Waals surface area contributed by atoms with Crippen LogP contribution in [-0.2, 0) is 4.79 Å². The van der Waals surface area contributed by atoms with Crippen LogP contribution >= 0.6 is 0 Å². The first kappa shape index (κ1) is 19.7. The van der Waals surface area contributed by atoms with Crippen LogP contribution in [0, 0.1) is 11.8 Å². The number of aliphatic hydroxyl groups excluding tert-OH is 1. The van der Waals surface area contributed by atoms with E-state index in [0.717, 1.165) is 32.1 Å². The van der Waals surface area contributed by atoms with Crippen molar-refractivity contribution in [1.82, 2.24) is 10.2 Å². The molecule has 1 rings (SSSR count). The van der Waals surface area contributed by atoms with E-state index >= 15 is 0 Å². The molecular weight excluding hydrogens is 296 g/mol. The average Bonchev–Trinajstić information content (AvgIpc) is 2.51. The summed E-state index contributed by atoms with van der Waals surface area (Å²) in [7, 11) is 0. The SMILES string of the molecule is CC(C)CCN(CCO)C(=O)N[C@@H](CC1CCCCC1)C(=O)O. The highest BCUT2D eigenvalue weighted by Crippen LogP contribution is 2.27. The minimum absolute atomic E-state index is 0.119. The number of aliphatic hydroxyl groups is 1. The zero-order chi connectivity index (χ0) is 17.2. The first-order valence-corrected chi connectivity index (χ1v) is 8.83. The number of nitrogens with one attached hydrogen (secondary N) is 1. The zero-order valence-corrected chi connectivity index (χ0v) is 14.5. The smallest absolute Gasteiger partial charge is 0.326 e. The molecule has 0 aromatic rings. The fourth-order valence-corrected chi connectivity index (χ4v) is 3.07. The molecule has 134 valence electrons. The maximum Gasteiger partial charge on any atom is 0.326 e. The quantitative estimate of drug-likeness (QED) is 0.606. The number of hydrogen-bond acceptors (Lipinski definition) is 3. The van der Waals surface area contributed by atoms with Gasteiger partial charge in [-0.15, -0.1) is 0 Å². The normalized spacial score (nSPS) is 17.0. The molecule has 3 N–H and O–H groups in total. The summed E-state index contributed by atoms with van der Waals surface area (Å²) in [5.41, 5.74) is 0. The van der Waals surface area contributed by atoms with Gasteiger partial charge in [-0.25, -0.2) is 9.59 Å². The predicted octanol–water partition coefficient (Wildman–Crippen LogP) is 2.46. The van der Waals surface area contributed by atoms with Crippen LogP contribution < -0.4 is 5.32 Å². The Morgan fingerprint density at radius 1 is 1.17 bits per heavy atom. The number of rotatable bonds is 9. The number of urea groups is 1. The third-order valence-corrected chi connectivity index (χ3v) is 4.52. The van der Waals surface area contributed by atoms with E-state index in [2.05, 4.69) is 19.2 Å². The van der Waals surface area contributed by atoms with Crippen molar-refractivity contribution in [1.29, 1.82) is 0 Å². The summed E-state index contributed by atoms with van der Waals surface area (Å²) in [6, 6.07) is -1.23. The average molecular weight is 328 g/mol. The molecule has 1 aliphatic rings. The van der Waals surface area contributed by atoms with Gasteiger partial charge in [-0.3, -0.25) is 0 Å². The van der Waals surface area contributed by atoms with E-state index < -0.39 is 12.0 Å². The molecule has 0 bridgehead atoms. The van der Waals surface area contributed by atoms with E-state index in [1.165, 1.54) is 11.3 Å². The lowest BCUT2D eigenvalue weighted by Gasteiger charge is -2.28. The van der Waals surface area contributed by atoms with Gasteiger partial charge >= 0.3 is 12.0 Å². The summed E-state index contributed by atoms with van der Waals surface area (Å²) >= 11 is 0. The second-order valence-corrected chi connectivity index (χ2v) is 6.97. The molecule has 0 aliphatic heterocycles. The Balaban J connectivity index is 2.57. The highest BCUT2D eigenvalue weighted by atomic mass is 16.4. The van der Waals surface area contributed by atoms with Crippen molar-refractivity contribution < 1.29 is 19.8 Å². The summed E-state index contributed by atoms with van der Waals surface area (Å²) in [5, 5.41) is 21.2. The lowest BCUT2D eigenvalue weighted by Crippen LogP contribution is -2.49. The zero-order valence-electron chi connectivity index (χ0n) is 14.5. The second kappa shape index (κ2) is 10.5. The molecule has 0 heterocycles. The summed E-state index contributed by atoms with van der Waals surface area (Å²) in [6.45, 7) is 4.77. The van der Waals surface area contributed by atoms with Crippen molar-refractivity contribution in [2.75, 3.05) is 19.7 Å². The largest absolute Gasteiger partial charge is 0.480 e. The number of nitrogens with zero attached hydrogens (tertiary/aromatic N) is 1. The van der Waals surface area contributed by atoms with E-state index in [4.69, 9.17) is 5.11 Å². The van der Waals surface area contributed by atoms with E-state index in [9.17, 15) is 14.7 Å². The van der Waals surface area contributed by atoms with Crippen molar-refractivity contribution in [2.24, 2.45) is 11.8 Å². The molecule has 1 aliphatic carbocycles. The Bertz CT molecular complexity index is 368. The first-order chi connectivity index (χ1) is 10.9. The maximum absolute atomic E-state index is 12.3. The maximum atomic E-state index is 12.3. The van der Waals surface area contributed by atoms with Gasteiger partial charge in [0.25, 0.3) is 0 Å². The number of carboxylic acid groups (broad SMARTS) is 1. The molecule has 0 aromatic carbocycles. The topological polar surface area (TPSA) is 89.9 Å². The summed E-state index contributed by atoms with van der Waals surface area (Å²) in [5.74, 6) is -0.148. The summed E-state index contributed by atoms with van der Waals surface area (Å²) < 4.78 is 0. The summed E-state index contributed by atoms with van der Waals surface area (Å²) in [4.78, 5) is 25.3. The lowest BCUT2D eigenvalue weighted by molar-refractivity contribution is -0.139. The minimum Gasteiger partial charge on any atom is -0.480 e. The van der Waals surface area contributed by atoms with Gasteiger partial charge in [-0.05, 0) is 24.7 Å². The third-order valence-electron chi connectivity index (χ3n) is 4.52. The Morgan fingerprint density at radius 2 is 1.83 bits per heavy atom. The molecule has 1 saturated carbocycles. The molecule has 0 saturated heterocycles. The number of hydrogen-bond donors (Lipinski definition) is 3. The van der Waals surface area contributed by atoms with Crippen LogP contribution in [0.1, 0.15) is 58.8 Å². The molecule has 0 aromatic heterocycles. The van der Waals surface area contributed by atoms with E-state index in [1.807, 2.05) is 0 Å². The molecular formula is C17H32N2O4. The van der Waals surface area contributed by atoms with Crippen LogP contribution in [0.15, 0.2) is 0 Å². The molecule has 0 radical (unpaired) electrons. The van der Waals surface area contributed by atoms with Crippen LogP contribution in [-0.4, -0.2) is 52.9 Å². The Labute approximate surface area is 139 Å². The van der Waals surface area contributed by atoms with Crippen LogP contribution in [0.4, 0.5) is 4.79 Å². The van der Waals surface area contributed by atoms with E-state index in [-0.39, 0.29) is 19.2 Å². The molecule has 1 atom stereocenters. The number of carbonyl (C=O) groups excluding carboxylic acids is 1. The number of carboxylic acids is 1. The monoisotopic (exact) mass is 328 g/mol. The van der Waals surface area contributed by atoms with Gasteiger partial charge in [-0.1, -0.05) is 46.0 Å². The Kier molecular flexibility index (Phi) is 8.99. The molecule has 0 unspecified atom stereocenters. The standard InChI is InChI=1S/C17H32N2O4/c1-13(2)8-9-19(10-11-20)17(23)18-15(16(21)22)12-14-6-4-3-5-7-14/h13-15,20H,3-12H2,1-2H3,(H,18,23)(H,21,22)/t15-/m0/s1. The van der Waals surface area contributed by atoms with Gasteiger partial charge in [0, 0.05) is 13.1 Å². The summed E-state index contributed by atoms with van der Waals surface area (Å²) in [6.07, 6.45) is 6.94. The molecule has 23 heavy (non-hydrogen) atoms. The predicted molar refractivity (Wildman–Crippen MR) is 89.3 cm³/mol. The molecule has 1 fully saturated rings. The van der Waals surface area contributed by atoms with E-state index in [0.29, 0.717) is 24.8 Å². The van der Waals surface area contributed by atoms with Crippen LogP contribution in [0.2, 0.25) is 0 Å².